The SMILES string of the molecule is O=C(O)C(=O)N(CCC1CCC(c2ccc(C3=CC=C4OOCC=C4C3)cc2)CC1)Cc1ccccc1. The molecule has 6 heteroatoms. The third-order valence-corrected chi connectivity index (χ3v) is 7.77. The van der Waals surface area contributed by atoms with Crippen LogP contribution in [0, 0.1) is 5.92 Å². The largest absolute Gasteiger partial charge is 0.474 e. The summed E-state index contributed by atoms with van der Waals surface area (Å²) in [4.78, 5) is 35.4. The molecule has 0 radical (unpaired) electrons. The van der Waals surface area contributed by atoms with Gasteiger partial charge in [0.05, 0.1) is 0 Å². The summed E-state index contributed by atoms with van der Waals surface area (Å²) in [6.07, 6.45) is 12.3. The van der Waals surface area contributed by atoms with Crippen LogP contribution in [0.5, 0.6) is 0 Å². The number of hydrogen-bond donors (Lipinski definition) is 1. The maximum atomic E-state index is 12.3. The van der Waals surface area contributed by atoms with Gasteiger partial charge in [0.1, 0.15) is 6.61 Å². The van der Waals surface area contributed by atoms with Crippen LogP contribution in [0.15, 0.2) is 84.2 Å². The molecule has 5 rings (SSSR count). The molecule has 1 saturated carbocycles. The summed E-state index contributed by atoms with van der Waals surface area (Å²) in [5, 5.41) is 9.27. The fraction of sp³-hybridized carbons (Fsp3) is 0.355. The van der Waals surface area contributed by atoms with E-state index in [1.807, 2.05) is 36.4 Å². The average Bonchev–Trinajstić information content (AvgIpc) is 2.95. The van der Waals surface area contributed by atoms with E-state index in [1.54, 1.807) is 0 Å². The number of benzene rings is 2. The molecule has 1 amide bonds. The fourth-order valence-electron chi connectivity index (χ4n) is 5.60. The zero-order valence-corrected chi connectivity index (χ0v) is 21.0. The van der Waals surface area contributed by atoms with Gasteiger partial charge in [0.15, 0.2) is 5.76 Å². The Balaban J connectivity index is 1.13. The van der Waals surface area contributed by atoms with E-state index in [1.165, 1.54) is 27.2 Å². The monoisotopic (exact) mass is 499 g/mol. The molecule has 1 fully saturated rings. The number of carboxylic acid groups (broad SMARTS) is 1. The minimum absolute atomic E-state index is 0.333. The lowest BCUT2D eigenvalue weighted by Gasteiger charge is -2.30. The second-order valence-corrected chi connectivity index (χ2v) is 10.1. The molecule has 37 heavy (non-hydrogen) atoms. The summed E-state index contributed by atoms with van der Waals surface area (Å²) >= 11 is 0. The lowest BCUT2D eigenvalue weighted by atomic mass is 9.77. The summed E-state index contributed by atoms with van der Waals surface area (Å²) in [5.74, 6) is -0.346. The molecule has 2 aliphatic carbocycles. The number of carboxylic acids is 1. The standard InChI is InChI=1S/C31H33NO5/c33-30(31(34)35)32(21-23-4-2-1-3-5-23)18-16-22-6-8-24(9-7-22)25-10-12-26(13-11-25)27-14-15-29-28(20-27)17-19-36-37-29/h1-5,10-15,17,22,24H,6-9,16,18-21H2,(H,34,35). The van der Waals surface area contributed by atoms with Gasteiger partial charge >= 0.3 is 11.9 Å². The Hall–Kier alpha value is -3.64. The lowest BCUT2D eigenvalue weighted by molar-refractivity contribution is -0.255. The van der Waals surface area contributed by atoms with Crippen LogP contribution in [0.1, 0.15) is 61.1 Å². The highest BCUT2D eigenvalue weighted by atomic mass is 17.2. The van der Waals surface area contributed by atoms with Crippen LogP contribution >= 0.6 is 0 Å². The molecule has 2 aromatic carbocycles. The van der Waals surface area contributed by atoms with Crippen LogP contribution in [-0.4, -0.2) is 35.0 Å². The van der Waals surface area contributed by atoms with Gasteiger partial charge in [-0.05, 0) is 78.4 Å². The number of carbonyl (C=O) groups is 2. The number of hydrogen-bond acceptors (Lipinski definition) is 4. The summed E-state index contributed by atoms with van der Waals surface area (Å²) in [6.45, 7) is 1.30. The van der Waals surface area contributed by atoms with Crippen LogP contribution in [-0.2, 0) is 25.9 Å². The second-order valence-electron chi connectivity index (χ2n) is 10.1. The van der Waals surface area contributed by atoms with Crippen molar-refractivity contribution >= 4 is 17.4 Å². The highest BCUT2D eigenvalue weighted by Crippen LogP contribution is 2.38. The average molecular weight is 500 g/mol. The molecule has 0 bridgehead atoms. The highest BCUT2D eigenvalue weighted by molar-refractivity contribution is 6.31. The first kappa shape index (κ1) is 25.0. The predicted molar refractivity (Wildman–Crippen MR) is 141 cm³/mol. The summed E-state index contributed by atoms with van der Waals surface area (Å²) in [6, 6.07) is 18.6. The van der Waals surface area contributed by atoms with Crippen molar-refractivity contribution in [2.24, 2.45) is 5.92 Å². The molecule has 0 saturated heterocycles. The molecule has 2 aromatic rings. The number of fused-ring (bicyclic) bond motifs is 1. The number of aliphatic carboxylic acids is 1. The van der Waals surface area contributed by atoms with Crippen molar-refractivity contribution in [1.29, 1.82) is 0 Å². The topological polar surface area (TPSA) is 76.1 Å². The Morgan fingerprint density at radius 2 is 1.68 bits per heavy atom. The molecule has 0 spiro atoms. The van der Waals surface area contributed by atoms with Crippen molar-refractivity contribution in [3.63, 3.8) is 0 Å². The van der Waals surface area contributed by atoms with Crippen LogP contribution in [0.25, 0.3) is 5.57 Å². The number of allylic oxidation sites excluding steroid dienone is 4. The van der Waals surface area contributed by atoms with Crippen molar-refractivity contribution in [2.75, 3.05) is 13.2 Å². The summed E-state index contributed by atoms with van der Waals surface area (Å²) in [5.41, 5.74) is 6.03. The Kier molecular flexibility index (Phi) is 7.85. The van der Waals surface area contributed by atoms with Gasteiger partial charge < -0.3 is 14.9 Å². The van der Waals surface area contributed by atoms with E-state index in [9.17, 15) is 14.7 Å². The second kappa shape index (κ2) is 11.6. The third kappa shape index (κ3) is 6.20. The van der Waals surface area contributed by atoms with Gasteiger partial charge in [0.25, 0.3) is 0 Å². The van der Waals surface area contributed by atoms with E-state index < -0.39 is 11.9 Å². The summed E-state index contributed by atoms with van der Waals surface area (Å²) < 4.78 is 0. The van der Waals surface area contributed by atoms with Gasteiger partial charge in [-0.1, -0.05) is 60.7 Å². The van der Waals surface area contributed by atoms with E-state index in [0.29, 0.717) is 31.5 Å². The molecule has 6 nitrogen and oxygen atoms in total. The van der Waals surface area contributed by atoms with Crippen molar-refractivity contribution in [2.45, 2.75) is 51.0 Å². The number of amides is 1. The van der Waals surface area contributed by atoms with Gasteiger partial charge in [-0.15, -0.1) is 0 Å². The van der Waals surface area contributed by atoms with Gasteiger partial charge in [0.2, 0.25) is 0 Å². The van der Waals surface area contributed by atoms with E-state index in [0.717, 1.165) is 49.8 Å². The molecule has 0 aromatic heterocycles. The summed E-state index contributed by atoms with van der Waals surface area (Å²) in [7, 11) is 0. The Morgan fingerprint density at radius 1 is 0.919 bits per heavy atom. The van der Waals surface area contributed by atoms with Crippen LogP contribution in [0.3, 0.4) is 0 Å². The maximum Gasteiger partial charge on any atom is 0.394 e. The molecular formula is C31H33NO5. The van der Waals surface area contributed by atoms with Gasteiger partial charge in [-0.3, -0.25) is 4.79 Å². The molecule has 0 unspecified atom stereocenters. The number of nitrogens with zero attached hydrogens (tertiary/aromatic N) is 1. The molecule has 0 atom stereocenters. The van der Waals surface area contributed by atoms with Crippen LogP contribution < -0.4 is 0 Å². The van der Waals surface area contributed by atoms with Crippen molar-refractivity contribution in [3.05, 3.63) is 101 Å². The quantitative estimate of drug-likeness (QED) is 0.372. The number of rotatable bonds is 7. The predicted octanol–water partition coefficient (Wildman–Crippen LogP) is 6.02. The lowest BCUT2D eigenvalue weighted by Crippen LogP contribution is -2.37. The Labute approximate surface area is 217 Å². The van der Waals surface area contributed by atoms with Crippen molar-refractivity contribution in [3.8, 4) is 0 Å². The molecule has 1 heterocycles. The van der Waals surface area contributed by atoms with Crippen molar-refractivity contribution < 1.29 is 24.5 Å². The van der Waals surface area contributed by atoms with Gasteiger partial charge in [-0.2, -0.15) is 4.89 Å². The minimum Gasteiger partial charge on any atom is -0.474 e. The normalized spacial score (nSPS) is 21.0. The molecule has 1 N–H and O–H groups in total. The molecule has 3 aliphatic rings. The van der Waals surface area contributed by atoms with Gasteiger partial charge in [-0.25, -0.2) is 4.79 Å². The first-order valence-corrected chi connectivity index (χ1v) is 13.1. The van der Waals surface area contributed by atoms with E-state index in [-0.39, 0.29) is 0 Å². The fourth-order valence-corrected chi connectivity index (χ4v) is 5.60. The van der Waals surface area contributed by atoms with E-state index >= 15 is 0 Å². The third-order valence-electron chi connectivity index (χ3n) is 7.77. The first-order chi connectivity index (χ1) is 18.1. The van der Waals surface area contributed by atoms with E-state index in [4.69, 9.17) is 9.78 Å². The van der Waals surface area contributed by atoms with E-state index in [2.05, 4.69) is 36.4 Å². The van der Waals surface area contributed by atoms with Crippen LogP contribution in [0.4, 0.5) is 0 Å². The van der Waals surface area contributed by atoms with Crippen LogP contribution in [0.2, 0.25) is 0 Å². The maximum absolute atomic E-state index is 12.3. The Morgan fingerprint density at radius 3 is 2.41 bits per heavy atom. The highest BCUT2D eigenvalue weighted by Gasteiger charge is 2.26. The van der Waals surface area contributed by atoms with Gasteiger partial charge in [0, 0.05) is 25.1 Å². The number of carbonyl (C=O) groups excluding carboxylic acids is 1. The minimum atomic E-state index is -1.39. The molecule has 192 valence electrons. The molecule has 1 aliphatic heterocycles. The smallest absolute Gasteiger partial charge is 0.394 e. The molecular weight excluding hydrogens is 466 g/mol. The Bertz CT molecular complexity index is 1200. The van der Waals surface area contributed by atoms with Crippen molar-refractivity contribution in [1.82, 2.24) is 4.90 Å². The zero-order valence-electron chi connectivity index (χ0n) is 21.0. The first-order valence-electron chi connectivity index (χ1n) is 13.1. The zero-order chi connectivity index (χ0) is 25.6.